The Labute approximate surface area is 107 Å². The standard InChI is InChI=1S/C13H16N2OS/c1-15(8-12(14)17)13(16)11-6-5-9-3-2-4-10(9)7-11/h5-7H,2-4,8H2,1H3,(H2,14,17). The summed E-state index contributed by atoms with van der Waals surface area (Å²) in [6.45, 7) is 0.325. The van der Waals surface area contributed by atoms with Gasteiger partial charge in [0.1, 0.15) is 0 Å². The van der Waals surface area contributed by atoms with Crippen molar-refractivity contribution in [3.63, 3.8) is 0 Å². The Kier molecular flexibility index (Phi) is 3.43. The third-order valence-corrected chi connectivity index (χ3v) is 3.21. The van der Waals surface area contributed by atoms with E-state index in [0.717, 1.165) is 18.4 Å². The van der Waals surface area contributed by atoms with Crippen molar-refractivity contribution in [1.82, 2.24) is 4.90 Å². The lowest BCUT2D eigenvalue weighted by molar-refractivity contribution is 0.0815. The van der Waals surface area contributed by atoms with Gasteiger partial charge in [-0.1, -0.05) is 18.3 Å². The summed E-state index contributed by atoms with van der Waals surface area (Å²) in [5, 5.41) is 0. The Morgan fingerprint density at radius 3 is 2.82 bits per heavy atom. The molecule has 0 aromatic heterocycles. The molecule has 0 saturated carbocycles. The lowest BCUT2D eigenvalue weighted by Crippen LogP contribution is -2.34. The van der Waals surface area contributed by atoms with E-state index in [4.69, 9.17) is 18.0 Å². The fourth-order valence-electron chi connectivity index (χ4n) is 2.23. The largest absolute Gasteiger partial charge is 0.392 e. The molecule has 0 spiro atoms. The lowest BCUT2D eigenvalue weighted by atomic mass is 10.1. The zero-order chi connectivity index (χ0) is 12.4. The van der Waals surface area contributed by atoms with Gasteiger partial charge < -0.3 is 10.6 Å². The Balaban J connectivity index is 2.17. The number of carbonyl (C=O) groups is 1. The Hall–Kier alpha value is -1.42. The molecule has 17 heavy (non-hydrogen) atoms. The van der Waals surface area contributed by atoms with E-state index in [2.05, 4.69) is 6.07 Å². The lowest BCUT2D eigenvalue weighted by Gasteiger charge is -2.16. The van der Waals surface area contributed by atoms with Gasteiger partial charge >= 0.3 is 0 Å². The summed E-state index contributed by atoms with van der Waals surface area (Å²) in [4.78, 5) is 14.0. The summed E-state index contributed by atoms with van der Waals surface area (Å²) >= 11 is 4.80. The molecule has 0 saturated heterocycles. The molecule has 0 radical (unpaired) electrons. The molecule has 1 aromatic rings. The number of aryl methyl sites for hydroxylation is 2. The van der Waals surface area contributed by atoms with E-state index in [0.29, 0.717) is 11.5 Å². The average molecular weight is 248 g/mol. The van der Waals surface area contributed by atoms with Gasteiger partial charge in [-0.15, -0.1) is 0 Å². The number of likely N-dealkylation sites (N-methyl/N-ethyl adjacent to an activating group) is 1. The van der Waals surface area contributed by atoms with Crippen molar-refractivity contribution >= 4 is 23.1 Å². The first-order valence-corrected chi connectivity index (χ1v) is 6.14. The van der Waals surface area contributed by atoms with Crippen molar-refractivity contribution in [2.45, 2.75) is 19.3 Å². The van der Waals surface area contributed by atoms with E-state index in [-0.39, 0.29) is 5.91 Å². The van der Waals surface area contributed by atoms with Crippen LogP contribution in [0.4, 0.5) is 0 Å². The maximum atomic E-state index is 12.1. The molecule has 2 N–H and O–H groups in total. The first-order valence-electron chi connectivity index (χ1n) is 5.73. The van der Waals surface area contributed by atoms with Gasteiger partial charge in [-0.25, -0.2) is 0 Å². The molecule has 4 heteroatoms. The van der Waals surface area contributed by atoms with E-state index < -0.39 is 0 Å². The Bertz CT molecular complexity index is 470. The van der Waals surface area contributed by atoms with E-state index in [1.54, 1.807) is 11.9 Å². The van der Waals surface area contributed by atoms with Gasteiger partial charge in [0, 0.05) is 12.6 Å². The fraction of sp³-hybridized carbons (Fsp3) is 0.385. The highest BCUT2D eigenvalue weighted by atomic mass is 32.1. The predicted molar refractivity (Wildman–Crippen MR) is 72.2 cm³/mol. The quantitative estimate of drug-likeness (QED) is 0.825. The van der Waals surface area contributed by atoms with Crippen molar-refractivity contribution in [2.24, 2.45) is 5.73 Å². The molecule has 0 bridgehead atoms. The second-order valence-electron chi connectivity index (χ2n) is 4.46. The van der Waals surface area contributed by atoms with Crippen molar-refractivity contribution in [3.8, 4) is 0 Å². The number of benzene rings is 1. The molecular weight excluding hydrogens is 232 g/mol. The van der Waals surface area contributed by atoms with Gasteiger partial charge in [-0.2, -0.15) is 0 Å². The van der Waals surface area contributed by atoms with Crippen LogP contribution in [0.25, 0.3) is 0 Å². The molecular formula is C13H16N2OS. The molecule has 2 rings (SSSR count). The molecule has 0 heterocycles. The first kappa shape index (κ1) is 12.0. The SMILES string of the molecule is CN(CC(N)=S)C(=O)c1ccc2c(c1)CCC2. The fourth-order valence-corrected chi connectivity index (χ4v) is 2.42. The first-order chi connectivity index (χ1) is 8.08. The predicted octanol–water partition coefficient (Wildman–Crippen LogP) is 1.53. The molecule has 1 aromatic carbocycles. The number of carbonyl (C=O) groups excluding carboxylic acids is 1. The van der Waals surface area contributed by atoms with Crippen molar-refractivity contribution < 1.29 is 4.79 Å². The number of hydrogen-bond acceptors (Lipinski definition) is 2. The van der Waals surface area contributed by atoms with Crippen molar-refractivity contribution in [3.05, 3.63) is 34.9 Å². The minimum Gasteiger partial charge on any atom is -0.392 e. The van der Waals surface area contributed by atoms with Crippen molar-refractivity contribution in [1.29, 1.82) is 0 Å². The van der Waals surface area contributed by atoms with Crippen LogP contribution in [-0.2, 0) is 12.8 Å². The Morgan fingerprint density at radius 1 is 1.41 bits per heavy atom. The number of amides is 1. The molecule has 0 atom stereocenters. The maximum absolute atomic E-state index is 12.1. The Morgan fingerprint density at radius 2 is 2.12 bits per heavy atom. The van der Waals surface area contributed by atoms with Crippen LogP contribution in [0.2, 0.25) is 0 Å². The summed E-state index contributed by atoms with van der Waals surface area (Å²) in [5.74, 6) is -0.0208. The zero-order valence-corrected chi connectivity index (χ0v) is 10.7. The molecule has 0 fully saturated rings. The molecule has 3 nitrogen and oxygen atoms in total. The normalized spacial score (nSPS) is 13.2. The number of rotatable bonds is 3. The number of thiocarbonyl (C=S) groups is 1. The van der Waals surface area contributed by atoms with E-state index in [1.165, 1.54) is 17.5 Å². The maximum Gasteiger partial charge on any atom is 0.253 e. The van der Waals surface area contributed by atoms with Gasteiger partial charge in [0.15, 0.2) is 0 Å². The zero-order valence-electron chi connectivity index (χ0n) is 9.90. The van der Waals surface area contributed by atoms with Crippen molar-refractivity contribution in [2.75, 3.05) is 13.6 Å². The topological polar surface area (TPSA) is 46.3 Å². The number of nitrogens with two attached hydrogens (primary N) is 1. The van der Waals surface area contributed by atoms with Crippen LogP contribution in [0.5, 0.6) is 0 Å². The van der Waals surface area contributed by atoms with Crippen LogP contribution in [0, 0.1) is 0 Å². The summed E-state index contributed by atoms with van der Waals surface area (Å²) in [7, 11) is 1.72. The molecule has 0 unspecified atom stereocenters. The molecule has 0 aliphatic heterocycles. The van der Waals surface area contributed by atoms with Crippen LogP contribution < -0.4 is 5.73 Å². The second-order valence-corrected chi connectivity index (χ2v) is 4.99. The second kappa shape index (κ2) is 4.84. The highest BCUT2D eigenvalue weighted by Crippen LogP contribution is 2.23. The average Bonchev–Trinajstić information content (AvgIpc) is 2.73. The van der Waals surface area contributed by atoms with Gasteiger partial charge in [-0.3, -0.25) is 4.79 Å². The molecule has 1 amide bonds. The number of hydrogen-bond donors (Lipinski definition) is 1. The third-order valence-electron chi connectivity index (χ3n) is 3.09. The van der Waals surface area contributed by atoms with Gasteiger partial charge in [-0.05, 0) is 42.5 Å². The number of fused-ring (bicyclic) bond motifs is 1. The highest BCUT2D eigenvalue weighted by molar-refractivity contribution is 7.80. The van der Waals surface area contributed by atoms with Gasteiger partial charge in [0.05, 0.1) is 11.5 Å². The summed E-state index contributed by atoms with van der Waals surface area (Å²) in [6, 6.07) is 5.95. The van der Waals surface area contributed by atoms with E-state index in [1.807, 2.05) is 12.1 Å². The van der Waals surface area contributed by atoms with Gasteiger partial charge in [0.2, 0.25) is 0 Å². The van der Waals surface area contributed by atoms with Crippen LogP contribution in [0.3, 0.4) is 0 Å². The third kappa shape index (κ3) is 2.64. The molecule has 90 valence electrons. The minimum absolute atomic E-state index is 0.0208. The molecule has 1 aliphatic rings. The summed E-state index contributed by atoms with van der Waals surface area (Å²) in [5.41, 5.74) is 8.84. The van der Waals surface area contributed by atoms with Crippen LogP contribution in [-0.4, -0.2) is 29.4 Å². The molecule has 1 aliphatic carbocycles. The van der Waals surface area contributed by atoms with E-state index in [9.17, 15) is 4.79 Å². The smallest absolute Gasteiger partial charge is 0.253 e. The summed E-state index contributed by atoms with van der Waals surface area (Å²) < 4.78 is 0. The summed E-state index contributed by atoms with van der Waals surface area (Å²) in [6.07, 6.45) is 3.40. The van der Waals surface area contributed by atoms with Crippen LogP contribution in [0.1, 0.15) is 27.9 Å². The number of nitrogens with zero attached hydrogens (tertiary/aromatic N) is 1. The highest BCUT2D eigenvalue weighted by Gasteiger charge is 2.16. The van der Waals surface area contributed by atoms with Crippen LogP contribution >= 0.6 is 12.2 Å². The van der Waals surface area contributed by atoms with Crippen LogP contribution in [0.15, 0.2) is 18.2 Å². The van der Waals surface area contributed by atoms with Gasteiger partial charge in [0.25, 0.3) is 5.91 Å². The van der Waals surface area contributed by atoms with E-state index >= 15 is 0 Å². The monoisotopic (exact) mass is 248 g/mol. The minimum atomic E-state index is -0.0208.